The minimum atomic E-state index is 0.700. The number of benzene rings is 6. The van der Waals surface area contributed by atoms with E-state index in [0.29, 0.717) is 5.82 Å². The number of aromatic nitrogens is 3. The summed E-state index contributed by atoms with van der Waals surface area (Å²) in [7, 11) is 0. The van der Waals surface area contributed by atoms with Crippen LogP contribution < -0.4 is 4.90 Å². The molecule has 0 N–H and O–H groups in total. The molecule has 0 bridgehead atoms. The summed E-state index contributed by atoms with van der Waals surface area (Å²) in [6.07, 6.45) is 3.69. The van der Waals surface area contributed by atoms with E-state index in [9.17, 15) is 0 Å². The first-order chi connectivity index (χ1) is 22.8. The first-order valence-electron chi connectivity index (χ1n) is 15.4. The average Bonchev–Trinajstić information content (AvgIpc) is 3.50. The summed E-state index contributed by atoms with van der Waals surface area (Å²) in [6, 6.07) is 47.6. The van der Waals surface area contributed by atoms with Gasteiger partial charge in [0.2, 0.25) is 0 Å². The Balaban J connectivity index is 1.24. The Bertz CT molecular complexity index is 2650. The molecule has 1 aliphatic rings. The van der Waals surface area contributed by atoms with Crippen LogP contribution in [-0.2, 0) is 0 Å². The van der Waals surface area contributed by atoms with E-state index in [-0.39, 0.29) is 0 Å². The minimum absolute atomic E-state index is 0.700. The third-order valence-electron chi connectivity index (χ3n) is 9.06. The van der Waals surface area contributed by atoms with Crippen LogP contribution in [0.15, 0.2) is 146 Å². The van der Waals surface area contributed by atoms with E-state index in [1.54, 1.807) is 17.5 Å². The molecular formula is C41H24N4S. The second kappa shape index (κ2) is 9.80. The molecule has 9 aromatic rings. The molecule has 0 radical (unpaired) electrons. The fourth-order valence-corrected chi connectivity index (χ4v) is 8.19. The van der Waals surface area contributed by atoms with Crippen molar-refractivity contribution in [3.63, 3.8) is 0 Å². The van der Waals surface area contributed by atoms with Crippen LogP contribution in [0.5, 0.6) is 0 Å². The van der Waals surface area contributed by atoms with Gasteiger partial charge in [-0.05, 0) is 52.7 Å². The first kappa shape index (κ1) is 25.4. The maximum Gasteiger partial charge on any atom is 0.160 e. The van der Waals surface area contributed by atoms with Gasteiger partial charge < -0.3 is 4.90 Å². The molecule has 3 aromatic heterocycles. The second-order valence-electron chi connectivity index (χ2n) is 11.7. The zero-order chi connectivity index (χ0) is 30.2. The zero-order valence-corrected chi connectivity index (χ0v) is 25.4. The second-order valence-corrected chi connectivity index (χ2v) is 12.7. The van der Waals surface area contributed by atoms with Crippen LogP contribution in [0.4, 0.5) is 17.1 Å². The van der Waals surface area contributed by atoms with Crippen molar-refractivity contribution in [3.8, 4) is 33.8 Å². The highest BCUT2D eigenvalue weighted by atomic mass is 32.1. The number of rotatable bonds is 3. The Labute approximate surface area is 268 Å². The molecule has 0 fully saturated rings. The lowest BCUT2D eigenvalue weighted by molar-refractivity contribution is 1.22. The number of pyridine rings is 1. The highest BCUT2D eigenvalue weighted by Crippen LogP contribution is 2.53. The van der Waals surface area contributed by atoms with Gasteiger partial charge in [0.1, 0.15) is 0 Å². The number of fused-ring (bicyclic) bond motifs is 7. The molecular weight excluding hydrogens is 581 g/mol. The lowest BCUT2D eigenvalue weighted by Crippen LogP contribution is -2.15. The van der Waals surface area contributed by atoms with Crippen molar-refractivity contribution in [2.75, 3.05) is 4.90 Å². The van der Waals surface area contributed by atoms with Crippen molar-refractivity contribution in [3.05, 3.63) is 146 Å². The van der Waals surface area contributed by atoms with Crippen molar-refractivity contribution in [1.29, 1.82) is 0 Å². The van der Waals surface area contributed by atoms with E-state index < -0.39 is 0 Å². The summed E-state index contributed by atoms with van der Waals surface area (Å²) in [5.74, 6) is 0.700. The lowest BCUT2D eigenvalue weighted by Gasteiger charge is -2.34. The van der Waals surface area contributed by atoms with Crippen LogP contribution in [0.25, 0.3) is 75.6 Å². The molecule has 46 heavy (non-hydrogen) atoms. The van der Waals surface area contributed by atoms with E-state index in [1.807, 2.05) is 12.3 Å². The molecule has 6 aromatic carbocycles. The number of anilines is 3. The molecule has 0 saturated heterocycles. The molecule has 5 heteroatoms. The van der Waals surface area contributed by atoms with Crippen LogP contribution in [0.2, 0.25) is 0 Å². The third-order valence-corrected chi connectivity index (χ3v) is 10.2. The Morgan fingerprint density at radius 2 is 1.39 bits per heavy atom. The molecule has 0 unspecified atom stereocenters. The highest BCUT2D eigenvalue weighted by Gasteiger charge is 2.28. The predicted octanol–water partition coefficient (Wildman–Crippen LogP) is 11.3. The highest BCUT2D eigenvalue weighted by molar-refractivity contribution is 7.26. The molecule has 10 rings (SSSR count). The molecule has 4 heterocycles. The van der Waals surface area contributed by atoms with Crippen molar-refractivity contribution < 1.29 is 0 Å². The van der Waals surface area contributed by atoms with Gasteiger partial charge in [0.25, 0.3) is 0 Å². The molecule has 0 atom stereocenters. The van der Waals surface area contributed by atoms with E-state index in [1.165, 1.54) is 48.7 Å². The van der Waals surface area contributed by atoms with Gasteiger partial charge in [-0.25, -0.2) is 9.97 Å². The van der Waals surface area contributed by atoms with Gasteiger partial charge >= 0.3 is 0 Å². The lowest BCUT2D eigenvalue weighted by atomic mass is 9.88. The van der Waals surface area contributed by atoms with Crippen molar-refractivity contribution in [2.24, 2.45) is 0 Å². The van der Waals surface area contributed by atoms with Crippen LogP contribution >= 0.6 is 11.3 Å². The molecule has 4 nitrogen and oxygen atoms in total. The molecule has 1 aliphatic heterocycles. The summed E-state index contributed by atoms with van der Waals surface area (Å²) in [4.78, 5) is 17.3. The summed E-state index contributed by atoms with van der Waals surface area (Å²) >= 11 is 1.74. The maximum absolute atomic E-state index is 5.24. The topological polar surface area (TPSA) is 41.9 Å². The van der Waals surface area contributed by atoms with Crippen molar-refractivity contribution in [2.45, 2.75) is 0 Å². The van der Waals surface area contributed by atoms with Crippen LogP contribution in [0, 0.1) is 0 Å². The number of thiophene rings is 1. The molecule has 0 aliphatic carbocycles. The fraction of sp³-hybridized carbons (Fsp3) is 0. The zero-order valence-electron chi connectivity index (χ0n) is 24.6. The van der Waals surface area contributed by atoms with Gasteiger partial charge in [-0.3, -0.25) is 4.98 Å². The Kier molecular flexibility index (Phi) is 5.41. The average molecular weight is 605 g/mol. The van der Waals surface area contributed by atoms with Crippen LogP contribution in [0.3, 0.4) is 0 Å². The summed E-state index contributed by atoms with van der Waals surface area (Å²) in [5.41, 5.74) is 9.76. The van der Waals surface area contributed by atoms with Gasteiger partial charge in [-0.1, -0.05) is 97.1 Å². The summed E-state index contributed by atoms with van der Waals surface area (Å²) < 4.78 is 2.28. The smallest absolute Gasteiger partial charge is 0.160 e. The standard InChI is InChI=1S/C41H24N4S/c1-2-15-30-25(9-1)20-21-32-31-17-6-10-26-11-7-18-34(36(26)31)45(39(30)32)29-14-5-12-27(23-29)41-43-37(28-13-8-22-42-24-28)40-38(44-41)33-16-3-4-19-35(33)46-40/h1-24H. The van der Waals surface area contributed by atoms with Gasteiger partial charge in [-0.15, -0.1) is 11.3 Å². The largest absolute Gasteiger partial charge is 0.309 e. The quantitative estimate of drug-likeness (QED) is 0.201. The van der Waals surface area contributed by atoms with E-state index in [2.05, 4.69) is 137 Å². The van der Waals surface area contributed by atoms with Gasteiger partial charge in [-0.2, -0.15) is 0 Å². The predicted molar refractivity (Wildman–Crippen MR) is 192 cm³/mol. The van der Waals surface area contributed by atoms with Crippen LogP contribution in [-0.4, -0.2) is 15.0 Å². The SMILES string of the molecule is c1cncc(-c2nc(-c3cccc(N4c5c(ccc6ccccc56)-c5cccc6cccc4c56)c3)nc3c2sc2ccccc23)c1. The van der Waals surface area contributed by atoms with E-state index in [4.69, 9.17) is 9.97 Å². The first-order valence-corrected chi connectivity index (χ1v) is 16.2. The monoisotopic (exact) mass is 604 g/mol. The maximum atomic E-state index is 5.24. The Hall–Kier alpha value is -5.91. The number of hydrogen-bond donors (Lipinski definition) is 0. The van der Waals surface area contributed by atoms with E-state index in [0.717, 1.165) is 38.1 Å². The van der Waals surface area contributed by atoms with E-state index >= 15 is 0 Å². The van der Waals surface area contributed by atoms with Crippen LogP contribution in [0.1, 0.15) is 0 Å². The van der Waals surface area contributed by atoms with Gasteiger partial charge in [0.15, 0.2) is 5.82 Å². The summed E-state index contributed by atoms with van der Waals surface area (Å²) in [6.45, 7) is 0. The summed E-state index contributed by atoms with van der Waals surface area (Å²) in [5, 5.41) is 6.08. The third kappa shape index (κ3) is 3.69. The Morgan fingerprint density at radius 3 is 2.30 bits per heavy atom. The minimum Gasteiger partial charge on any atom is -0.309 e. The van der Waals surface area contributed by atoms with Gasteiger partial charge in [0.05, 0.1) is 27.3 Å². The Morgan fingerprint density at radius 1 is 0.587 bits per heavy atom. The molecule has 214 valence electrons. The molecule has 0 spiro atoms. The number of nitrogens with zero attached hydrogens (tertiary/aromatic N) is 4. The van der Waals surface area contributed by atoms with Crippen molar-refractivity contribution in [1.82, 2.24) is 15.0 Å². The number of hydrogen-bond acceptors (Lipinski definition) is 5. The van der Waals surface area contributed by atoms with Crippen molar-refractivity contribution >= 4 is 70.2 Å². The normalized spacial score (nSPS) is 12.3. The molecule has 0 amide bonds. The molecule has 0 saturated carbocycles. The van der Waals surface area contributed by atoms with Gasteiger partial charge in [0, 0.05) is 55.6 Å². The fourth-order valence-electron chi connectivity index (χ4n) is 7.04.